The van der Waals surface area contributed by atoms with Crippen LogP contribution in [0.4, 0.5) is 13.2 Å². The van der Waals surface area contributed by atoms with E-state index in [4.69, 9.17) is 20.1 Å². The van der Waals surface area contributed by atoms with Gasteiger partial charge < -0.3 is 20.2 Å². The summed E-state index contributed by atoms with van der Waals surface area (Å²) in [5.74, 6) is 4.28. The van der Waals surface area contributed by atoms with Gasteiger partial charge in [0.1, 0.15) is 5.69 Å². The van der Waals surface area contributed by atoms with Crippen molar-refractivity contribution in [1.29, 1.82) is 0 Å². The summed E-state index contributed by atoms with van der Waals surface area (Å²) in [6.07, 6.45) is -1.52. The number of nitrogens with zero attached hydrogens (tertiary/aromatic N) is 2. The number of amides is 1. The van der Waals surface area contributed by atoms with E-state index in [0.717, 1.165) is 18.4 Å². The van der Waals surface area contributed by atoms with Crippen molar-refractivity contribution in [2.75, 3.05) is 13.1 Å². The van der Waals surface area contributed by atoms with Crippen LogP contribution >= 0.6 is 0 Å². The van der Waals surface area contributed by atoms with Crippen molar-refractivity contribution in [1.82, 2.24) is 9.88 Å². The molecule has 0 radical (unpaired) electrons. The fourth-order valence-electron chi connectivity index (χ4n) is 3.63. The minimum atomic E-state index is -5.08. The summed E-state index contributed by atoms with van der Waals surface area (Å²) in [4.78, 5) is 27.7. The third kappa shape index (κ3) is 7.45. The molecule has 2 aromatic heterocycles. The monoisotopic (exact) mass is 499 g/mol. The number of piperidine rings is 1. The van der Waals surface area contributed by atoms with E-state index in [9.17, 15) is 18.0 Å². The van der Waals surface area contributed by atoms with Gasteiger partial charge in [0.05, 0.1) is 0 Å². The molecule has 36 heavy (non-hydrogen) atoms. The van der Waals surface area contributed by atoms with Gasteiger partial charge in [-0.3, -0.25) is 4.79 Å². The van der Waals surface area contributed by atoms with E-state index in [1.54, 1.807) is 18.3 Å². The van der Waals surface area contributed by atoms with Gasteiger partial charge in [0.2, 0.25) is 0 Å². The van der Waals surface area contributed by atoms with E-state index < -0.39 is 12.1 Å². The topological polar surface area (TPSA) is 110 Å². The molecule has 0 bridgehead atoms. The van der Waals surface area contributed by atoms with E-state index in [1.165, 1.54) is 5.56 Å². The standard InChI is InChI=1S/C24H23N3O2.C2HF3O2/c25-17-18-4-3-5-20(16-18)19-11-14-27(15-12-19)24(28)23-10-9-22(29-23)8-7-21-6-1-2-13-26-21;3-2(4,5)1(6)7/h1-6,9-10,13,16,19H,11-12,14-15,17,25H2;(H,6,7). The van der Waals surface area contributed by atoms with Gasteiger partial charge in [-0.05, 0) is 66.0 Å². The number of aromatic nitrogens is 1. The van der Waals surface area contributed by atoms with Gasteiger partial charge in [-0.1, -0.05) is 30.3 Å². The second-order valence-electron chi connectivity index (χ2n) is 7.95. The predicted octanol–water partition coefficient (Wildman–Crippen LogP) is 4.19. The average molecular weight is 499 g/mol. The van der Waals surface area contributed by atoms with Gasteiger partial charge in [0.15, 0.2) is 11.5 Å². The zero-order valence-electron chi connectivity index (χ0n) is 19.2. The molecule has 188 valence electrons. The van der Waals surface area contributed by atoms with E-state index in [-0.39, 0.29) is 5.91 Å². The lowest BCUT2D eigenvalue weighted by Crippen LogP contribution is -2.37. The second-order valence-corrected chi connectivity index (χ2v) is 7.95. The van der Waals surface area contributed by atoms with Crippen molar-refractivity contribution in [3.8, 4) is 11.8 Å². The summed E-state index contributed by atoms with van der Waals surface area (Å²) in [7, 11) is 0. The molecule has 0 unspecified atom stereocenters. The van der Waals surface area contributed by atoms with Crippen LogP contribution in [0.25, 0.3) is 0 Å². The molecule has 0 aliphatic carbocycles. The maximum absolute atomic E-state index is 12.8. The Bertz CT molecular complexity index is 1240. The number of alkyl halides is 3. The first-order valence-electron chi connectivity index (χ1n) is 11.1. The number of nitrogens with two attached hydrogens (primary N) is 1. The Kier molecular flexibility index (Phi) is 8.86. The fraction of sp³-hybridized carbons (Fsp3) is 0.269. The molecule has 4 rings (SSSR count). The number of aliphatic carboxylic acids is 1. The van der Waals surface area contributed by atoms with Crippen LogP contribution in [0.5, 0.6) is 0 Å². The predicted molar refractivity (Wildman–Crippen MR) is 125 cm³/mol. The fourth-order valence-corrected chi connectivity index (χ4v) is 3.63. The van der Waals surface area contributed by atoms with E-state index in [1.807, 2.05) is 29.2 Å². The molecule has 1 amide bonds. The number of carbonyl (C=O) groups is 2. The third-order valence-corrected chi connectivity index (χ3v) is 5.48. The normalized spacial score (nSPS) is 13.7. The van der Waals surface area contributed by atoms with Crippen LogP contribution in [-0.4, -0.2) is 46.1 Å². The molecule has 3 aromatic rings. The Morgan fingerprint density at radius 2 is 1.81 bits per heavy atom. The molecule has 10 heteroatoms. The Morgan fingerprint density at radius 3 is 2.42 bits per heavy atom. The summed E-state index contributed by atoms with van der Waals surface area (Å²) in [5.41, 5.74) is 8.88. The number of rotatable bonds is 3. The van der Waals surface area contributed by atoms with Gasteiger partial charge in [-0.25, -0.2) is 9.78 Å². The summed E-state index contributed by atoms with van der Waals surface area (Å²) in [5, 5.41) is 7.12. The van der Waals surface area contributed by atoms with Crippen LogP contribution < -0.4 is 5.73 Å². The highest BCUT2D eigenvalue weighted by Gasteiger charge is 2.38. The summed E-state index contributed by atoms with van der Waals surface area (Å²) in [6.45, 7) is 1.98. The summed E-state index contributed by atoms with van der Waals surface area (Å²) < 4.78 is 37.4. The molecule has 3 heterocycles. The number of furan rings is 1. The number of hydrogen-bond acceptors (Lipinski definition) is 5. The van der Waals surface area contributed by atoms with Gasteiger partial charge in [-0.15, -0.1) is 0 Å². The molecular formula is C26H24F3N3O4. The van der Waals surface area contributed by atoms with Crippen LogP contribution in [0.2, 0.25) is 0 Å². The van der Waals surface area contributed by atoms with Crippen molar-refractivity contribution in [2.24, 2.45) is 5.73 Å². The molecule has 1 aliphatic rings. The number of carboxylic acids is 1. The van der Waals surface area contributed by atoms with Crippen LogP contribution in [-0.2, 0) is 11.3 Å². The van der Waals surface area contributed by atoms with Gasteiger partial charge in [-0.2, -0.15) is 13.2 Å². The van der Waals surface area contributed by atoms with E-state index in [2.05, 4.69) is 35.0 Å². The van der Waals surface area contributed by atoms with Crippen molar-refractivity contribution in [2.45, 2.75) is 31.5 Å². The van der Waals surface area contributed by atoms with E-state index in [0.29, 0.717) is 42.8 Å². The van der Waals surface area contributed by atoms with Crippen molar-refractivity contribution in [3.05, 3.63) is 89.1 Å². The van der Waals surface area contributed by atoms with Crippen LogP contribution in [0.15, 0.2) is 65.2 Å². The van der Waals surface area contributed by atoms with Crippen molar-refractivity contribution >= 4 is 11.9 Å². The van der Waals surface area contributed by atoms with E-state index >= 15 is 0 Å². The van der Waals surface area contributed by atoms with Gasteiger partial charge in [0.25, 0.3) is 5.91 Å². The summed E-state index contributed by atoms with van der Waals surface area (Å²) in [6, 6.07) is 17.4. The number of likely N-dealkylation sites (tertiary alicyclic amines) is 1. The number of carbonyl (C=O) groups excluding carboxylic acids is 1. The zero-order valence-corrected chi connectivity index (χ0v) is 19.2. The smallest absolute Gasteiger partial charge is 0.475 e. The lowest BCUT2D eigenvalue weighted by Gasteiger charge is -2.31. The first kappa shape index (κ1) is 26.5. The average Bonchev–Trinajstić information content (AvgIpc) is 3.37. The minimum absolute atomic E-state index is 0.0787. The van der Waals surface area contributed by atoms with Crippen molar-refractivity contribution in [3.63, 3.8) is 0 Å². The summed E-state index contributed by atoms with van der Waals surface area (Å²) >= 11 is 0. The Hall–Kier alpha value is -4.10. The second kappa shape index (κ2) is 12.0. The Morgan fingerprint density at radius 1 is 1.08 bits per heavy atom. The minimum Gasteiger partial charge on any atom is -0.475 e. The molecule has 1 aliphatic heterocycles. The highest BCUT2D eigenvalue weighted by Crippen LogP contribution is 2.29. The lowest BCUT2D eigenvalue weighted by molar-refractivity contribution is -0.192. The Balaban J connectivity index is 0.000000454. The SMILES string of the molecule is NCc1cccc(C2CCN(C(=O)c3ccc(C#Cc4ccccn4)o3)CC2)c1.O=C(O)C(F)(F)F. The molecule has 0 spiro atoms. The highest BCUT2D eigenvalue weighted by atomic mass is 19.4. The molecule has 7 nitrogen and oxygen atoms in total. The molecule has 0 atom stereocenters. The zero-order chi connectivity index (χ0) is 26.1. The molecule has 1 fully saturated rings. The number of benzene rings is 1. The van der Waals surface area contributed by atoms with Crippen LogP contribution in [0.3, 0.4) is 0 Å². The molecule has 3 N–H and O–H groups in total. The number of pyridine rings is 1. The van der Waals surface area contributed by atoms with Crippen molar-refractivity contribution < 1.29 is 32.3 Å². The molecule has 1 saturated heterocycles. The maximum Gasteiger partial charge on any atom is 0.490 e. The third-order valence-electron chi connectivity index (χ3n) is 5.48. The molecule has 0 saturated carbocycles. The van der Waals surface area contributed by atoms with Gasteiger partial charge >= 0.3 is 12.1 Å². The molecular weight excluding hydrogens is 475 g/mol. The largest absolute Gasteiger partial charge is 0.490 e. The van der Waals surface area contributed by atoms with Gasteiger partial charge in [0, 0.05) is 25.8 Å². The molecule has 1 aromatic carbocycles. The first-order valence-corrected chi connectivity index (χ1v) is 11.1. The lowest BCUT2D eigenvalue weighted by atomic mass is 9.88. The Labute approximate surface area is 205 Å². The highest BCUT2D eigenvalue weighted by molar-refractivity contribution is 5.91. The number of halogens is 3. The first-order chi connectivity index (χ1) is 17.2. The van der Waals surface area contributed by atoms with Crippen LogP contribution in [0.1, 0.15) is 51.9 Å². The number of carboxylic acid groups (broad SMARTS) is 1. The number of hydrogen-bond donors (Lipinski definition) is 2. The quantitative estimate of drug-likeness (QED) is 0.523. The van der Waals surface area contributed by atoms with Crippen LogP contribution in [0, 0.1) is 11.8 Å². The maximum atomic E-state index is 12.8.